The fourth-order valence-corrected chi connectivity index (χ4v) is 4.19. The molecule has 32 heavy (non-hydrogen) atoms. The maximum absolute atomic E-state index is 13.2. The standard InChI is InChI=1S/C23H26N6O3/c1-15-10-18(28-23(26-15)29-9-8-24-13-29)19(12-17-4-2-3-7-25-17)27-22(30)16-5-6-20-21(11-16)32-14-31-20/h5-6,8-11,13,17,19,25H,2-4,7,12,14H2,1H3,(H,27,30). The van der Waals surface area contributed by atoms with E-state index in [1.54, 1.807) is 41.5 Å². The van der Waals surface area contributed by atoms with Gasteiger partial charge >= 0.3 is 0 Å². The van der Waals surface area contributed by atoms with Gasteiger partial charge in [0.15, 0.2) is 11.5 Å². The monoisotopic (exact) mass is 434 g/mol. The zero-order valence-electron chi connectivity index (χ0n) is 18.0. The number of nitrogens with one attached hydrogen (secondary N) is 2. The highest BCUT2D eigenvalue weighted by Gasteiger charge is 2.25. The minimum Gasteiger partial charge on any atom is -0.454 e. The van der Waals surface area contributed by atoms with Crippen LogP contribution in [0.15, 0.2) is 43.0 Å². The molecule has 0 radical (unpaired) electrons. The average Bonchev–Trinajstić information content (AvgIpc) is 3.50. The Morgan fingerprint density at radius 1 is 1.25 bits per heavy atom. The van der Waals surface area contributed by atoms with Gasteiger partial charge in [0.2, 0.25) is 12.7 Å². The summed E-state index contributed by atoms with van der Waals surface area (Å²) in [5.41, 5.74) is 2.14. The topological polar surface area (TPSA) is 103 Å². The van der Waals surface area contributed by atoms with Crippen LogP contribution >= 0.6 is 0 Å². The Bertz CT molecular complexity index is 1100. The van der Waals surface area contributed by atoms with Crippen molar-refractivity contribution in [3.63, 3.8) is 0 Å². The second-order valence-corrected chi connectivity index (χ2v) is 8.18. The van der Waals surface area contributed by atoms with Crippen LogP contribution in [0.2, 0.25) is 0 Å². The molecule has 1 amide bonds. The first-order valence-corrected chi connectivity index (χ1v) is 10.9. The number of amides is 1. The average molecular weight is 435 g/mol. The lowest BCUT2D eigenvalue weighted by atomic mass is 9.96. The molecule has 1 fully saturated rings. The van der Waals surface area contributed by atoms with Crippen LogP contribution in [-0.4, -0.2) is 44.8 Å². The fourth-order valence-electron chi connectivity index (χ4n) is 4.19. The van der Waals surface area contributed by atoms with E-state index in [9.17, 15) is 4.79 Å². The highest BCUT2D eigenvalue weighted by molar-refractivity contribution is 5.95. The first-order valence-electron chi connectivity index (χ1n) is 10.9. The van der Waals surface area contributed by atoms with Crippen molar-refractivity contribution in [2.75, 3.05) is 13.3 Å². The van der Waals surface area contributed by atoms with Crippen LogP contribution in [-0.2, 0) is 0 Å². The molecule has 5 rings (SSSR count). The smallest absolute Gasteiger partial charge is 0.251 e. The minimum absolute atomic E-state index is 0.174. The number of aromatic nitrogens is 4. The Morgan fingerprint density at radius 2 is 2.16 bits per heavy atom. The predicted molar refractivity (Wildman–Crippen MR) is 117 cm³/mol. The molecule has 0 saturated carbocycles. The van der Waals surface area contributed by atoms with E-state index >= 15 is 0 Å². The molecule has 1 aromatic carbocycles. The molecule has 2 aromatic heterocycles. The summed E-state index contributed by atoms with van der Waals surface area (Å²) in [6, 6.07) is 7.22. The van der Waals surface area contributed by atoms with Gasteiger partial charge in [0.05, 0.1) is 11.7 Å². The molecule has 2 aliphatic heterocycles. The van der Waals surface area contributed by atoms with Crippen molar-refractivity contribution < 1.29 is 14.3 Å². The summed E-state index contributed by atoms with van der Waals surface area (Å²) in [5.74, 6) is 1.60. The predicted octanol–water partition coefficient (Wildman–Crippen LogP) is 2.70. The van der Waals surface area contributed by atoms with Crippen molar-refractivity contribution in [2.24, 2.45) is 0 Å². The van der Waals surface area contributed by atoms with Crippen LogP contribution in [0.5, 0.6) is 11.5 Å². The van der Waals surface area contributed by atoms with E-state index in [-0.39, 0.29) is 18.7 Å². The number of carbonyl (C=O) groups is 1. The molecule has 0 bridgehead atoms. The lowest BCUT2D eigenvalue weighted by Gasteiger charge is -2.28. The van der Waals surface area contributed by atoms with Crippen LogP contribution < -0.4 is 20.1 Å². The molecule has 0 spiro atoms. The summed E-state index contributed by atoms with van der Waals surface area (Å²) in [6.07, 6.45) is 9.36. The number of benzene rings is 1. The molecule has 2 aliphatic rings. The molecule has 9 heteroatoms. The van der Waals surface area contributed by atoms with Gasteiger partial charge in [-0.15, -0.1) is 0 Å². The van der Waals surface area contributed by atoms with Gasteiger partial charge < -0.3 is 20.1 Å². The Balaban J connectivity index is 1.43. The van der Waals surface area contributed by atoms with Crippen LogP contribution in [0.1, 0.15) is 53.5 Å². The zero-order valence-corrected chi connectivity index (χ0v) is 18.0. The van der Waals surface area contributed by atoms with Gasteiger partial charge in [0.25, 0.3) is 5.91 Å². The van der Waals surface area contributed by atoms with Gasteiger partial charge in [-0.05, 0) is 57.0 Å². The van der Waals surface area contributed by atoms with Crippen LogP contribution in [0.4, 0.5) is 0 Å². The molecule has 2 unspecified atom stereocenters. The molecule has 1 saturated heterocycles. The van der Waals surface area contributed by atoms with Crippen molar-refractivity contribution in [3.8, 4) is 17.4 Å². The third kappa shape index (κ3) is 4.43. The number of carbonyl (C=O) groups excluding carboxylic acids is 1. The van der Waals surface area contributed by atoms with E-state index in [0.29, 0.717) is 29.1 Å². The van der Waals surface area contributed by atoms with Gasteiger partial charge in [-0.2, -0.15) is 0 Å². The number of imidazole rings is 1. The Morgan fingerprint density at radius 3 is 2.97 bits per heavy atom. The van der Waals surface area contributed by atoms with Crippen LogP contribution in [0.3, 0.4) is 0 Å². The van der Waals surface area contributed by atoms with E-state index < -0.39 is 0 Å². The van der Waals surface area contributed by atoms with Crippen molar-refractivity contribution in [1.82, 2.24) is 30.2 Å². The fraction of sp³-hybridized carbons (Fsp3) is 0.391. The second-order valence-electron chi connectivity index (χ2n) is 8.18. The maximum atomic E-state index is 13.2. The molecule has 9 nitrogen and oxygen atoms in total. The second kappa shape index (κ2) is 8.96. The van der Waals surface area contributed by atoms with Crippen LogP contribution in [0, 0.1) is 6.92 Å². The summed E-state index contributed by atoms with van der Waals surface area (Å²) >= 11 is 0. The Hall–Kier alpha value is -3.46. The van der Waals surface area contributed by atoms with Gasteiger partial charge in [0.1, 0.15) is 6.33 Å². The SMILES string of the molecule is Cc1cc(C(CC2CCCCN2)NC(=O)c2ccc3c(c2)OCO3)nc(-n2ccnc2)n1. The first kappa shape index (κ1) is 20.4. The zero-order chi connectivity index (χ0) is 21.9. The van der Waals surface area contributed by atoms with Crippen molar-refractivity contribution >= 4 is 5.91 Å². The number of aryl methyl sites for hydroxylation is 1. The quantitative estimate of drug-likeness (QED) is 0.615. The number of rotatable bonds is 6. The van der Waals surface area contributed by atoms with Gasteiger partial charge in [-0.3, -0.25) is 9.36 Å². The molecule has 0 aliphatic carbocycles. The van der Waals surface area contributed by atoms with E-state index in [1.165, 1.54) is 12.8 Å². The third-order valence-corrected chi connectivity index (χ3v) is 5.83. The Labute approximate surface area is 186 Å². The van der Waals surface area contributed by atoms with Crippen molar-refractivity contribution in [1.29, 1.82) is 0 Å². The maximum Gasteiger partial charge on any atom is 0.251 e. The van der Waals surface area contributed by atoms with E-state index in [0.717, 1.165) is 30.8 Å². The third-order valence-electron chi connectivity index (χ3n) is 5.83. The summed E-state index contributed by atoms with van der Waals surface area (Å²) in [6.45, 7) is 3.10. The molecular weight excluding hydrogens is 408 g/mol. The minimum atomic E-state index is -0.271. The van der Waals surface area contributed by atoms with Crippen LogP contribution in [0.25, 0.3) is 5.95 Å². The molecule has 4 heterocycles. The van der Waals surface area contributed by atoms with E-state index in [1.807, 2.05) is 13.0 Å². The number of hydrogen-bond acceptors (Lipinski definition) is 7. The summed E-state index contributed by atoms with van der Waals surface area (Å²) in [4.78, 5) is 26.6. The molecule has 166 valence electrons. The highest BCUT2D eigenvalue weighted by atomic mass is 16.7. The van der Waals surface area contributed by atoms with Gasteiger partial charge in [-0.1, -0.05) is 6.42 Å². The Kier molecular flexibility index (Phi) is 5.72. The number of fused-ring (bicyclic) bond motifs is 1. The number of hydrogen-bond donors (Lipinski definition) is 2. The van der Waals surface area contributed by atoms with E-state index in [4.69, 9.17) is 14.5 Å². The van der Waals surface area contributed by atoms with Crippen molar-refractivity contribution in [3.05, 3.63) is 59.9 Å². The summed E-state index contributed by atoms with van der Waals surface area (Å²) in [7, 11) is 0. The summed E-state index contributed by atoms with van der Waals surface area (Å²) in [5, 5.41) is 6.77. The molecule has 2 atom stereocenters. The largest absolute Gasteiger partial charge is 0.454 e. The summed E-state index contributed by atoms with van der Waals surface area (Å²) < 4.78 is 12.6. The molecule has 2 N–H and O–H groups in total. The highest BCUT2D eigenvalue weighted by Crippen LogP contribution is 2.33. The normalized spacial score (nSPS) is 18.3. The molecular formula is C23H26N6O3. The first-order chi connectivity index (χ1) is 15.7. The number of piperidine rings is 1. The lowest BCUT2D eigenvalue weighted by molar-refractivity contribution is 0.0929. The van der Waals surface area contributed by atoms with Gasteiger partial charge in [0, 0.05) is 29.7 Å². The lowest BCUT2D eigenvalue weighted by Crippen LogP contribution is -2.39. The number of nitrogens with zero attached hydrogens (tertiary/aromatic N) is 4. The van der Waals surface area contributed by atoms with Gasteiger partial charge in [-0.25, -0.2) is 15.0 Å². The van der Waals surface area contributed by atoms with E-state index in [2.05, 4.69) is 20.6 Å². The molecule has 3 aromatic rings. The van der Waals surface area contributed by atoms with Crippen molar-refractivity contribution in [2.45, 2.75) is 44.7 Å². The number of ether oxygens (including phenoxy) is 2.